The molecule has 2 aromatic rings. The fourth-order valence-corrected chi connectivity index (χ4v) is 4.20. The molecule has 2 aliphatic rings. The summed E-state index contributed by atoms with van der Waals surface area (Å²) in [6.45, 7) is 2.60. The molecule has 0 aliphatic carbocycles. The molecule has 7 nitrogen and oxygen atoms in total. The van der Waals surface area contributed by atoms with Gasteiger partial charge in [0, 0.05) is 29.7 Å². The molecule has 2 fully saturated rings. The Morgan fingerprint density at radius 1 is 1.23 bits per heavy atom. The van der Waals surface area contributed by atoms with Crippen LogP contribution in [0.4, 0.5) is 6.01 Å². The van der Waals surface area contributed by atoms with Gasteiger partial charge in [0.25, 0.3) is 0 Å². The van der Waals surface area contributed by atoms with Gasteiger partial charge in [-0.05, 0) is 44.4 Å². The zero-order valence-electron chi connectivity index (χ0n) is 14.5. The number of likely N-dealkylation sites (tertiary alicyclic amines) is 1. The van der Waals surface area contributed by atoms with E-state index in [1.54, 1.807) is 0 Å². The smallest absolute Gasteiger partial charge is 0.324 e. The third-order valence-corrected chi connectivity index (χ3v) is 5.56. The average Bonchev–Trinajstić information content (AvgIpc) is 3.32. The molecule has 0 bridgehead atoms. The minimum Gasteiger partial charge on any atom is -0.368 e. The van der Waals surface area contributed by atoms with Crippen molar-refractivity contribution in [3.8, 4) is 11.4 Å². The number of nitrogens with two attached hydrogens (primary N) is 1. The Morgan fingerprint density at radius 2 is 2.04 bits per heavy atom. The third-order valence-electron chi connectivity index (χ3n) is 5.32. The van der Waals surface area contributed by atoms with Crippen LogP contribution in [0, 0.1) is 0 Å². The van der Waals surface area contributed by atoms with E-state index in [-0.39, 0.29) is 11.9 Å². The molecular weight excluding hydrogens is 354 g/mol. The molecule has 1 aromatic heterocycles. The van der Waals surface area contributed by atoms with Crippen molar-refractivity contribution in [3.63, 3.8) is 0 Å². The van der Waals surface area contributed by atoms with Crippen LogP contribution in [0.25, 0.3) is 11.4 Å². The number of halogens is 1. The number of rotatable bonds is 4. The number of benzene rings is 1. The molecule has 8 heteroatoms. The van der Waals surface area contributed by atoms with Crippen LogP contribution >= 0.6 is 11.6 Å². The highest BCUT2D eigenvalue weighted by Crippen LogP contribution is 2.28. The van der Waals surface area contributed by atoms with E-state index in [1.165, 1.54) is 0 Å². The first-order valence-corrected chi connectivity index (χ1v) is 9.39. The monoisotopic (exact) mass is 375 g/mol. The van der Waals surface area contributed by atoms with Gasteiger partial charge < -0.3 is 15.2 Å². The first-order valence-electron chi connectivity index (χ1n) is 9.01. The number of hydrogen-bond acceptors (Lipinski definition) is 6. The highest BCUT2D eigenvalue weighted by Gasteiger charge is 2.36. The predicted octanol–water partition coefficient (Wildman–Crippen LogP) is 2.31. The van der Waals surface area contributed by atoms with Gasteiger partial charge in [-0.3, -0.25) is 9.69 Å². The SMILES string of the molecule is NC(=O)C1CCCN1C1CCN(c2nc(-c3cccc(Cl)c3)no2)CC1. The third kappa shape index (κ3) is 3.41. The van der Waals surface area contributed by atoms with Gasteiger partial charge in [0.1, 0.15) is 0 Å². The molecule has 1 atom stereocenters. The number of primary amides is 1. The maximum absolute atomic E-state index is 11.6. The fourth-order valence-electron chi connectivity index (χ4n) is 4.01. The number of aromatic nitrogens is 2. The van der Waals surface area contributed by atoms with Crippen LogP contribution in [0.3, 0.4) is 0 Å². The number of anilines is 1. The van der Waals surface area contributed by atoms with E-state index >= 15 is 0 Å². The molecule has 3 heterocycles. The van der Waals surface area contributed by atoms with Crippen LogP contribution in [0.15, 0.2) is 28.8 Å². The average molecular weight is 376 g/mol. The molecule has 1 unspecified atom stereocenters. The van der Waals surface area contributed by atoms with Gasteiger partial charge in [-0.1, -0.05) is 28.9 Å². The van der Waals surface area contributed by atoms with E-state index in [9.17, 15) is 4.79 Å². The van der Waals surface area contributed by atoms with Crippen LogP contribution in [0.5, 0.6) is 0 Å². The molecule has 2 saturated heterocycles. The molecule has 4 rings (SSSR count). The summed E-state index contributed by atoms with van der Waals surface area (Å²) in [5.74, 6) is 0.339. The molecule has 0 radical (unpaired) electrons. The van der Waals surface area contributed by atoms with Gasteiger partial charge >= 0.3 is 6.01 Å². The van der Waals surface area contributed by atoms with Gasteiger partial charge in [-0.2, -0.15) is 4.98 Å². The lowest BCUT2D eigenvalue weighted by molar-refractivity contribution is -0.123. The zero-order valence-corrected chi connectivity index (χ0v) is 15.2. The van der Waals surface area contributed by atoms with Gasteiger partial charge in [0.05, 0.1) is 6.04 Å². The number of carbonyl (C=O) groups is 1. The molecule has 1 amide bonds. The van der Waals surface area contributed by atoms with Crippen molar-refractivity contribution in [3.05, 3.63) is 29.3 Å². The van der Waals surface area contributed by atoms with Crippen molar-refractivity contribution >= 4 is 23.5 Å². The van der Waals surface area contributed by atoms with Crippen LogP contribution in [-0.4, -0.2) is 52.7 Å². The van der Waals surface area contributed by atoms with Gasteiger partial charge in [-0.15, -0.1) is 0 Å². The van der Waals surface area contributed by atoms with Crippen molar-refractivity contribution in [1.29, 1.82) is 0 Å². The van der Waals surface area contributed by atoms with E-state index in [2.05, 4.69) is 19.9 Å². The van der Waals surface area contributed by atoms with Crippen LogP contribution < -0.4 is 10.6 Å². The van der Waals surface area contributed by atoms with Crippen LogP contribution in [0.1, 0.15) is 25.7 Å². The van der Waals surface area contributed by atoms with Crippen LogP contribution in [-0.2, 0) is 4.79 Å². The Labute approximate surface area is 157 Å². The minimum absolute atomic E-state index is 0.107. The summed E-state index contributed by atoms with van der Waals surface area (Å²) < 4.78 is 5.45. The minimum atomic E-state index is -0.201. The van der Waals surface area contributed by atoms with E-state index in [0.29, 0.717) is 22.9 Å². The van der Waals surface area contributed by atoms with Gasteiger partial charge in [0.15, 0.2) is 0 Å². The van der Waals surface area contributed by atoms with Gasteiger partial charge in [0.2, 0.25) is 11.7 Å². The number of carbonyl (C=O) groups excluding carboxylic acids is 1. The number of piperidine rings is 1. The largest absolute Gasteiger partial charge is 0.368 e. The Balaban J connectivity index is 1.40. The van der Waals surface area contributed by atoms with E-state index in [1.807, 2.05) is 24.3 Å². The van der Waals surface area contributed by atoms with Crippen molar-refractivity contribution in [2.75, 3.05) is 24.5 Å². The molecule has 2 N–H and O–H groups in total. The normalized spacial score (nSPS) is 22.0. The maximum Gasteiger partial charge on any atom is 0.324 e. The maximum atomic E-state index is 11.6. The second-order valence-electron chi connectivity index (χ2n) is 6.93. The zero-order chi connectivity index (χ0) is 18.1. The summed E-state index contributed by atoms with van der Waals surface area (Å²) in [5.41, 5.74) is 6.38. The lowest BCUT2D eigenvalue weighted by Crippen LogP contribution is -2.50. The lowest BCUT2D eigenvalue weighted by Gasteiger charge is -2.37. The van der Waals surface area contributed by atoms with Crippen molar-refractivity contribution in [1.82, 2.24) is 15.0 Å². The van der Waals surface area contributed by atoms with Crippen molar-refractivity contribution in [2.45, 2.75) is 37.8 Å². The number of nitrogens with zero attached hydrogens (tertiary/aromatic N) is 4. The second-order valence-corrected chi connectivity index (χ2v) is 7.36. The number of amides is 1. The van der Waals surface area contributed by atoms with E-state index in [4.69, 9.17) is 21.9 Å². The van der Waals surface area contributed by atoms with Crippen molar-refractivity contribution in [2.24, 2.45) is 5.73 Å². The summed E-state index contributed by atoms with van der Waals surface area (Å²) >= 11 is 6.03. The summed E-state index contributed by atoms with van der Waals surface area (Å²) in [4.78, 5) is 20.5. The Bertz CT molecular complexity index is 787. The quantitative estimate of drug-likeness (QED) is 0.882. The van der Waals surface area contributed by atoms with Gasteiger partial charge in [-0.25, -0.2) is 0 Å². The molecule has 0 spiro atoms. The first-order chi connectivity index (χ1) is 12.6. The fraction of sp³-hybridized carbons (Fsp3) is 0.500. The van der Waals surface area contributed by atoms with Crippen molar-refractivity contribution < 1.29 is 9.32 Å². The summed E-state index contributed by atoms with van der Waals surface area (Å²) in [5, 5.41) is 4.72. The predicted molar refractivity (Wildman–Crippen MR) is 98.9 cm³/mol. The molecule has 2 aliphatic heterocycles. The summed E-state index contributed by atoms with van der Waals surface area (Å²) in [6, 6.07) is 8.22. The summed E-state index contributed by atoms with van der Waals surface area (Å²) in [7, 11) is 0. The molecule has 0 saturated carbocycles. The Hall–Kier alpha value is -2.12. The molecular formula is C18H22ClN5O2. The lowest BCUT2D eigenvalue weighted by atomic mass is 10.0. The topological polar surface area (TPSA) is 88.5 Å². The summed E-state index contributed by atoms with van der Waals surface area (Å²) in [6.07, 6.45) is 3.83. The van der Waals surface area contributed by atoms with E-state index < -0.39 is 0 Å². The first kappa shape index (κ1) is 17.3. The standard InChI is InChI=1S/C18H22ClN5O2/c19-13-4-1-3-12(11-13)17-21-18(26-22-17)23-9-6-14(7-10-23)24-8-2-5-15(24)16(20)25/h1,3-4,11,14-15H,2,5-10H2,(H2,20,25). The highest BCUT2D eigenvalue weighted by molar-refractivity contribution is 6.30. The Kier molecular flexibility index (Phi) is 4.82. The van der Waals surface area contributed by atoms with Crippen LogP contribution in [0.2, 0.25) is 5.02 Å². The Morgan fingerprint density at radius 3 is 2.77 bits per heavy atom. The molecule has 138 valence electrons. The molecule has 1 aromatic carbocycles. The highest BCUT2D eigenvalue weighted by atomic mass is 35.5. The molecule has 26 heavy (non-hydrogen) atoms. The second kappa shape index (κ2) is 7.25. The van der Waals surface area contributed by atoms with E-state index in [0.717, 1.165) is 50.9 Å². The number of hydrogen-bond donors (Lipinski definition) is 1.